The number of amides is 1. The molecule has 6 heteroatoms. The van der Waals surface area contributed by atoms with Crippen LogP contribution in [0.3, 0.4) is 0 Å². The van der Waals surface area contributed by atoms with E-state index in [2.05, 4.69) is 9.80 Å². The zero-order valence-electron chi connectivity index (χ0n) is 13.0. The maximum atomic E-state index is 12.2. The summed E-state index contributed by atoms with van der Waals surface area (Å²) in [5.41, 5.74) is 0. The molecule has 2 fully saturated rings. The Labute approximate surface area is 126 Å². The molecule has 120 valence electrons. The average Bonchev–Trinajstić information content (AvgIpc) is 2.50. The van der Waals surface area contributed by atoms with Crippen LogP contribution in [0.4, 0.5) is 0 Å². The van der Waals surface area contributed by atoms with Crippen LogP contribution in [0.2, 0.25) is 0 Å². The number of carboxylic acid groups (broad SMARTS) is 1. The molecule has 2 heterocycles. The third-order valence-corrected chi connectivity index (χ3v) is 4.49. The smallest absolute Gasteiger partial charge is 0.307 e. The van der Waals surface area contributed by atoms with Gasteiger partial charge < -0.3 is 10.0 Å². The van der Waals surface area contributed by atoms with Gasteiger partial charge in [0, 0.05) is 45.8 Å². The van der Waals surface area contributed by atoms with Crippen LogP contribution in [0.25, 0.3) is 0 Å². The van der Waals surface area contributed by atoms with E-state index >= 15 is 0 Å². The molecule has 21 heavy (non-hydrogen) atoms. The maximum absolute atomic E-state index is 12.2. The van der Waals surface area contributed by atoms with Gasteiger partial charge in [0.1, 0.15) is 0 Å². The van der Waals surface area contributed by atoms with Gasteiger partial charge in [-0.3, -0.25) is 19.4 Å². The van der Waals surface area contributed by atoms with Gasteiger partial charge in [0.05, 0.1) is 12.5 Å². The molecule has 2 saturated heterocycles. The number of piperazine rings is 1. The Morgan fingerprint density at radius 2 is 1.52 bits per heavy atom. The van der Waals surface area contributed by atoms with Crippen molar-refractivity contribution in [1.82, 2.24) is 14.7 Å². The number of likely N-dealkylation sites (tertiary alicyclic amines) is 1. The molecule has 2 aliphatic rings. The molecular weight excluding hydrogens is 270 g/mol. The highest BCUT2D eigenvalue weighted by Gasteiger charge is 2.24. The molecule has 1 atom stereocenters. The largest absolute Gasteiger partial charge is 0.481 e. The number of nitrogens with zero attached hydrogens (tertiary/aromatic N) is 3. The lowest BCUT2D eigenvalue weighted by molar-refractivity contribution is -0.141. The molecule has 6 nitrogen and oxygen atoms in total. The fourth-order valence-electron chi connectivity index (χ4n) is 3.03. The van der Waals surface area contributed by atoms with Crippen LogP contribution in [0.15, 0.2) is 0 Å². The fraction of sp³-hybridized carbons (Fsp3) is 0.867. The highest BCUT2D eigenvalue weighted by molar-refractivity contribution is 5.78. The number of piperidine rings is 1. The van der Waals surface area contributed by atoms with Gasteiger partial charge in [-0.25, -0.2) is 0 Å². The second-order valence-electron chi connectivity index (χ2n) is 6.26. The Bertz CT molecular complexity index is 361. The van der Waals surface area contributed by atoms with Crippen molar-refractivity contribution >= 4 is 11.9 Å². The first kappa shape index (κ1) is 16.2. The number of hydrogen-bond acceptors (Lipinski definition) is 4. The molecule has 1 unspecified atom stereocenters. The molecule has 1 amide bonds. The van der Waals surface area contributed by atoms with Crippen LogP contribution in [0, 0.1) is 5.92 Å². The molecule has 1 N–H and O–H groups in total. The summed E-state index contributed by atoms with van der Waals surface area (Å²) in [4.78, 5) is 29.4. The number of hydrogen-bond donors (Lipinski definition) is 1. The van der Waals surface area contributed by atoms with Crippen LogP contribution in [0.1, 0.15) is 26.2 Å². The van der Waals surface area contributed by atoms with Crippen molar-refractivity contribution in [2.45, 2.75) is 26.2 Å². The van der Waals surface area contributed by atoms with Gasteiger partial charge in [0.15, 0.2) is 0 Å². The molecule has 0 aromatic heterocycles. The van der Waals surface area contributed by atoms with Crippen LogP contribution in [-0.4, -0.2) is 84.0 Å². The first-order valence-corrected chi connectivity index (χ1v) is 8.01. The highest BCUT2D eigenvalue weighted by Crippen LogP contribution is 2.10. The number of aliphatic carboxylic acids is 1. The minimum Gasteiger partial charge on any atom is -0.481 e. The maximum Gasteiger partial charge on any atom is 0.307 e. The van der Waals surface area contributed by atoms with Gasteiger partial charge in [0.2, 0.25) is 5.91 Å². The minimum absolute atomic E-state index is 0.252. The SMILES string of the molecule is CC(CN1CCN(CC(=O)N2CCCCC2)CC1)C(=O)O. The zero-order valence-corrected chi connectivity index (χ0v) is 13.0. The standard InChI is InChI=1S/C15H27N3O3/c1-13(15(20)21)11-16-7-9-17(10-8-16)12-14(19)18-5-3-2-4-6-18/h13H,2-12H2,1H3,(H,20,21). The molecule has 0 aromatic carbocycles. The van der Waals surface area contributed by atoms with Gasteiger partial charge in [-0.2, -0.15) is 0 Å². The van der Waals surface area contributed by atoms with E-state index in [9.17, 15) is 9.59 Å². The van der Waals surface area contributed by atoms with Crippen molar-refractivity contribution in [3.8, 4) is 0 Å². The third-order valence-electron chi connectivity index (χ3n) is 4.49. The van der Waals surface area contributed by atoms with E-state index in [0.717, 1.165) is 52.1 Å². The third kappa shape index (κ3) is 4.97. The summed E-state index contributed by atoms with van der Waals surface area (Å²) in [6.45, 7) is 8.09. The van der Waals surface area contributed by atoms with Crippen LogP contribution in [-0.2, 0) is 9.59 Å². The van der Waals surface area contributed by atoms with Crippen LogP contribution >= 0.6 is 0 Å². The summed E-state index contributed by atoms with van der Waals surface area (Å²) < 4.78 is 0. The van der Waals surface area contributed by atoms with Gasteiger partial charge in [-0.1, -0.05) is 6.92 Å². The topological polar surface area (TPSA) is 64.1 Å². The molecule has 0 saturated carbocycles. The Morgan fingerprint density at radius 3 is 2.10 bits per heavy atom. The molecule has 0 aliphatic carbocycles. The van der Waals surface area contributed by atoms with Crippen molar-refractivity contribution in [3.05, 3.63) is 0 Å². The Morgan fingerprint density at radius 1 is 0.952 bits per heavy atom. The summed E-state index contributed by atoms with van der Waals surface area (Å²) in [5.74, 6) is -0.814. The Kier molecular flexibility index (Phi) is 5.99. The van der Waals surface area contributed by atoms with Crippen LogP contribution in [0.5, 0.6) is 0 Å². The van der Waals surface area contributed by atoms with E-state index in [0.29, 0.717) is 13.1 Å². The van der Waals surface area contributed by atoms with E-state index in [4.69, 9.17) is 5.11 Å². The van der Waals surface area contributed by atoms with Gasteiger partial charge in [0.25, 0.3) is 0 Å². The summed E-state index contributed by atoms with van der Waals surface area (Å²) in [6, 6.07) is 0. The lowest BCUT2D eigenvalue weighted by Gasteiger charge is -2.36. The summed E-state index contributed by atoms with van der Waals surface area (Å²) in [5, 5.41) is 8.94. The fourth-order valence-corrected chi connectivity index (χ4v) is 3.03. The number of carbonyl (C=O) groups is 2. The van der Waals surface area contributed by atoms with Gasteiger partial charge in [-0.05, 0) is 19.3 Å². The molecule has 0 spiro atoms. The Balaban J connectivity index is 1.68. The van der Waals surface area contributed by atoms with Crippen molar-refractivity contribution in [2.75, 3.05) is 52.4 Å². The van der Waals surface area contributed by atoms with E-state index in [1.807, 2.05) is 4.90 Å². The van der Waals surface area contributed by atoms with Crippen molar-refractivity contribution < 1.29 is 14.7 Å². The second kappa shape index (κ2) is 7.75. The number of rotatable bonds is 5. The molecule has 2 aliphatic heterocycles. The predicted molar refractivity (Wildman–Crippen MR) is 80.1 cm³/mol. The first-order chi connectivity index (χ1) is 10.1. The molecule has 0 bridgehead atoms. The minimum atomic E-state index is -0.738. The van der Waals surface area contributed by atoms with E-state index < -0.39 is 5.97 Å². The molecule has 0 aromatic rings. The monoisotopic (exact) mass is 297 g/mol. The van der Waals surface area contributed by atoms with Crippen molar-refractivity contribution in [1.29, 1.82) is 0 Å². The van der Waals surface area contributed by atoms with E-state index in [1.165, 1.54) is 6.42 Å². The molecule has 2 rings (SSSR count). The highest BCUT2D eigenvalue weighted by atomic mass is 16.4. The van der Waals surface area contributed by atoms with Crippen LogP contribution < -0.4 is 0 Å². The molecular formula is C15H27N3O3. The quantitative estimate of drug-likeness (QED) is 0.792. The lowest BCUT2D eigenvalue weighted by atomic mass is 10.1. The average molecular weight is 297 g/mol. The normalized spacial score (nSPS) is 23.0. The number of carboxylic acids is 1. The van der Waals surface area contributed by atoms with Crippen molar-refractivity contribution in [2.24, 2.45) is 5.92 Å². The first-order valence-electron chi connectivity index (χ1n) is 8.01. The van der Waals surface area contributed by atoms with E-state index in [1.54, 1.807) is 6.92 Å². The summed E-state index contributed by atoms with van der Waals surface area (Å²) in [7, 11) is 0. The second-order valence-corrected chi connectivity index (χ2v) is 6.26. The molecule has 0 radical (unpaired) electrons. The predicted octanol–water partition coefficient (Wildman–Crippen LogP) is 0.337. The van der Waals surface area contributed by atoms with Gasteiger partial charge in [-0.15, -0.1) is 0 Å². The summed E-state index contributed by atoms with van der Waals surface area (Å²) >= 11 is 0. The summed E-state index contributed by atoms with van der Waals surface area (Å²) in [6.07, 6.45) is 3.50. The van der Waals surface area contributed by atoms with E-state index in [-0.39, 0.29) is 11.8 Å². The number of carbonyl (C=O) groups excluding carboxylic acids is 1. The lowest BCUT2D eigenvalue weighted by Crippen LogP contribution is -2.51. The Hall–Kier alpha value is -1.14. The van der Waals surface area contributed by atoms with Crippen molar-refractivity contribution in [3.63, 3.8) is 0 Å². The van der Waals surface area contributed by atoms with Gasteiger partial charge >= 0.3 is 5.97 Å². The zero-order chi connectivity index (χ0) is 15.2.